The second-order valence-electron chi connectivity index (χ2n) is 5.44. The van der Waals surface area contributed by atoms with Crippen LogP contribution in [0.3, 0.4) is 0 Å². The van der Waals surface area contributed by atoms with Gasteiger partial charge in [-0.3, -0.25) is 4.79 Å². The molecule has 0 atom stereocenters. The van der Waals surface area contributed by atoms with Crippen molar-refractivity contribution in [3.8, 4) is 5.75 Å². The third kappa shape index (κ3) is 3.83. The molecule has 0 radical (unpaired) electrons. The largest absolute Gasteiger partial charge is 0.492 e. The van der Waals surface area contributed by atoms with Crippen molar-refractivity contribution in [3.63, 3.8) is 0 Å². The number of carbonyl (C=O) groups excluding carboxylic acids is 1. The Hall–Kier alpha value is -2.17. The summed E-state index contributed by atoms with van der Waals surface area (Å²) < 4.78 is 5.61. The van der Waals surface area contributed by atoms with Crippen molar-refractivity contribution < 1.29 is 9.53 Å². The van der Waals surface area contributed by atoms with E-state index in [1.54, 1.807) is 48.3 Å². The lowest BCUT2D eigenvalue weighted by atomic mass is 10.2. The lowest BCUT2D eigenvalue weighted by Crippen LogP contribution is -2.31. The molecule has 0 saturated heterocycles. The van der Waals surface area contributed by atoms with Gasteiger partial charge in [0.2, 0.25) is 0 Å². The fraction of sp³-hybridized carbons (Fsp3) is 0.167. The highest BCUT2D eigenvalue weighted by atomic mass is 35.5. The average molecular weight is 363 g/mol. The molecule has 0 unspecified atom stereocenters. The highest BCUT2D eigenvalue weighted by molar-refractivity contribution is 6.31. The van der Waals surface area contributed by atoms with Crippen LogP contribution in [0.15, 0.2) is 48.5 Å². The van der Waals surface area contributed by atoms with Gasteiger partial charge in [-0.1, -0.05) is 23.2 Å². The van der Waals surface area contributed by atoms with Crippen LogP contribution in [0.1, 0.15) is 10.5 Å². The lowest BCUT2D eigenvalue weighted by molar-refractivity contribution is 0.0769. The SMILES string of the molecule is CN(CCOc1ccc(Cl)cc1)C(=O)c1cc2cc(Cl)ccc2[nH]1. The summed E-state index contributed by atoms with van der Waals surface area (Å²) in [4.78, 5) is 17.2. The van der Waals surface area contributed by atoms with Gasteiger partial charge in [-0.05, 0) is 48.5 Å². The number of hydrogen-bond acceptors (Lipinski definition) is 2. The summed E-state index contributed by atoms with van der Waals surface area (Å²) in [6.45, 7) is 0.869. The molecule has 3 rings (SSSR count). The molecule has 1 N–H and O–H groups in total. The molecule has 3 aromatic rings. The first kappa shape index (κ1) is 16.7. The predicted molar refractivity (Wildman–Crippen MR) is 97.2 cm³/mol. The van der Waals surface area contributed by atoms with Crippen LogP contribution in [0.4, 0.5) is 0 Å². The van der Waals surface area contributed by atoms with Gasteiger partial charge in [0.15, 0.2) is 0 Å². The van der Waals surface area contributed by atoms with Gasteiger partial charge in [0.25, 0.3) is 5.91 Å². The van der Waals surface area contributed by atoms with E-state index in [1.807, 2.05) is 12.1 Å². The summed E-state index contributed by atoms with van der Waals surface area (Å²) in [6, 6.07) is 14.4. The molecule has 124 valence electrons. The molecule has 1 aromatic heterocycles. The van der Waals surface area contributed by atoms with E-state index in [0.717, 1.165) is 16.7 Å². The number of H-pyrrole nitrogens is 1. The average Bonchev–Trinajstić information content (AvgIpc) is 2.98. The maximum absolute atomic E-state index is 12.5. The molecule has 0 fully saturated rings. The molecule has 0 bridgehead atoms. The van der Waals surface area contributed by atoms with Crippen LogP contribution in [-0.2, 0) is 0 Å². The number of nitrogens with one attached hydrogen (secondary N) is 1. The Balaban J connectivity index is 1.60. The van der Waals surface area contributed by atoms with Gasteiger partial charge in [-0.15, -0.1) is 0 Å². The first-order valence-electron chi connectivity index (χ1n) is 7.45. The second kappa shape index (κ2) is 7.16. The number of aromatic nitrogens is 1. The summed E-state index contributed by atoms with van der Waals surface area (Å²) in [5.41, 5.74) is 1.41. The van der Waals surface area contributed by atoms with Crippen molar-refractivity contribution in [2.45, 2.75) is 0 Å². The Labute approximate surface area is 149 Å². The summed E-state index contributed by atoms with van der Waals surface area (Å²) in [5, 5.41) is 2.22. The van der Waals surface area contributed by atoms with Crippen molar-refractivity contribution in [2.75, 3.05) is 20.2 Å². The Morgan fingerprint density at radius 3 is 2.54 bits per heavy atom. The highest BCUT2D eigenvalue weighted by Gasteiger charge is 2.14. The molecule has 0 spiro atoms. The molecule has 24 heavy (non-hydrogen) atoms. The maximum Gasteiger partial charge on any atom is 0.270 e. The van der Waals surface area contributed by atoms with Crippen LogP contribution in [0.25, 0.3) is 10.9 Å². The van der Waals surface area contributed by atoms with Crippen LogP contribution in [0, 0.1) is 0 Å². The minimum Gasteiger partial charge on any atom is -0.492 e. The normalized spacial score (nSPS) is 10.8. The Bertz CT molecular complexity index is 859. The minimum atomic E-state index is -0.0953. The number of nitrogens with zero attached hydrogens (tertiary/aromatic N) is 1. The van der Waals surface area contributed by atoms with Crippen molar-refractivity contribution in [2.24, 2.45) is 0 Å². The third-order valence-electron chi connectivity index (χ3n) is 3.67. The number of carbonyl (C=O) groups is 1. The highest BCUT2D eigenvalue weighted by Crippen LogP contribution is 2.21. The maximum atomic E-state index is 12.5. The number of ether oxygens (including phenoxy) is 1. The van der Waals surface area contributed by atoms with E-state index in [0.29, 0.717) is 28.9 Å². The molecular weight excluding hydrogens is 347 g/mol. The zero-order chi connectivity index (χ0) is 17.1. The fourth-order valence-electron chi connectivity index (χ4n) is 2.36. The van der Waals surface area contributed by atoms with Crippen molar-refractivity contribution in [1.82, 2.24) is 9.88 Å². The molecule has 6 heteroatoms. The predicted octanol–water partition coefficient (Wildman–Crippen LogP) is 4.63. The van der Waals surface area contributed by atoms with Crippen LogP contribution in [0.5, 0.6) is 5.75 Å². The van der Waals surface area contributed by atoms with E-state index in [-0.39, 0.29) is 5.91 Å². The van der Waals surface area contributed by atoms with Gasteiger partial charge in [-0.2, -0.15) is 0 Å². The number of amides is 1. The Morgan fingerprint density at radius 2 is 1.79 bits per heavy atom. The standard InChI is InChI=1S/C18H16Cl2N2O2/c1-22(8-9-24-15-5-2-13(19)3-6-15)18(23)17-11-12-10-14(20)4-7-16(12)21-17/h2-7,10-11,21H,8-9H2,1H3. The quantitative estimate of drug-likeness (QED) is 0.719. The summed E-state index contributed by atoms with van der Waals surface area (Å²) in [5.74, 6) is 0.627. The third-order valence-corrected chi connectivity index (χ3v) is 4.16. The van der Waals surface area contributed by atoms with Crippen molar-refractivity contribution >= 4 is 40.0 Å². The van der Waals surface area contributed by atoms with E-state index in [1.165, 1.54) is 0 Å². The first-order valence-corrected chi connectivity index (χ1v) is 8.20. The Kier molecular flexibility index (Phi) is 4.97. The van der Waals surface area contributed by atoms with Crippen LogP contribution < -0.4 is 4.74 Å². The summed E-state index contributed by atoms with van der Waals surface area (Å²) >= 11 is 11.8. The van der Waals surface area contributed by atoms with Gasteiger partial charge in [0, 0.05) is 28.0 Å². The molecular formula is C18H16Cl2N2O2. The minimum absolute atomic E-state index is 0.0953. The summed E-state index contributed by atoms with van der Waals surface area (Å²) in [6.07, 6.45) is 0. The molecule has 1 amide bonds. The summed E-state index contributed by atoms with van der Waals surface area (Å²) in [7, 11) is 1.74. The fourth-order valence-corrected chi connectivity index (χ4v) is 2.66. The Morgan fingerprint density at radius 1 is 1.08 bits per heavy atom. The number of likely N-dealkylation sites (N-methyl/N-ethyl adjacent to an activating group) is 1. The van der Waals surface area contributed by atoms with Gasteiger partial charge in [0.05, 0.1) is 6.54 Å². The van der Waals surface area contributed by atoms with E-state index in [4.69, 9.17) is 27.9 Å². The van der Waals surface area contributed by atoms with E-state index < -0.39 is 0 Å². The zero-order valence-corrected chi connectivity index (χ0v) is 14.6. The molecule has 4 nitrogen and oxygen atoms in total. The van der Waals surface area contributed by atoms with Gasteiger partial charge >= 0.3 is 0 Å². The number of fused-ring (bicyclic) bond motifs is 1. The van der Waals surface area contributed by atoms with Crippen LogP contribution in [0.2, 0.25) is 10.0 Å². The van der Waals surface area contributed by atoms with Crippen LogP contribution in [-0.4, -0.2) is 36.0 Å². The topological polar surface area (TPSA) is 45.3 Å². The molecule has 0 aliphatic heterocycles. The number of aromatic amines is 1. The van der Waals surface area contributed by atoms with Crippen LogP contribution >= 0.6 is 23.2 Å². The number of hydrogen-bond donors (Lipinski definition) is 1. The monoisotopic (exact) mass is 362 g/mol. The lowest BCUT2D eigenvalue weighted by Gasteiger charge is -2.16. The van der Waals surface area contributed by atoms with E-state index in [9.17, 15) is 4.79 Å². The van der Waals surface area contributed by atoms with Crippen molar-refractivity contribution in [3.05, 3.63) is 64.3 Å². The van der Waals surface area contributed by atoms with E-state index in [2.05, 4.69) is 4.98 Å². The molecule has 0 aliphatic rings. The molecule has 2 aromatic carbocycles. The zero-order valence-electron chi connectivity index (χ0n) is 13.1. The number of benzene rings is 2. The molecule has 1 heterocycles. The number of halogens is 2. The van der Waals surface area contributed by atoms with Gasteiger partial charge in [0.1, 0.15) is 18.1 Å². The van der Waals surface area contributed by atoms with Gasteiger partial charge < -0.3 is 14.6 Å². The van der Waals surface area contributed by atoms with Crippen molar-refractivity contribution in [1.29, 1.82) is 0 Å². The second-order valence-corrected chi connectivity index (χ2v) is 6.32. The molecule has 0 saturated carbocycles. The smallest absolute Gasteiger partial charge is 0.270 e. The van der Waals surface area contributed by atoms with Gasteiger partial charge in [-0.25, -0.2) is 0 Å². The molecule has 0 aliphatic carbocycles. The number of rotatable bonds is 5. The first-order chi connectivity index (χ1) is 11.5. The van der Waals surface area contributed by atoms with E-state index >= 15 is 0 Å².